The molecule has 1 aliphatic carbocycles. The molecule has 214 valence electrons. The van der Waals surface area contributed by atoms with Gasteiger partial charge in [-0.25, -0.2) is 18.7 Å². The minimum Gasteiger partial charge on any atom is -0.369 e. The number of nitrogens with one attached hydrogen (secondary N) is 2. The number of aromatic nitrogens is 4. The number of primary amides is 1. The smallest absolute Gasteiger partial charge is 0.225 e. The predicted octanol–water partition coefficient (Wildman–Crippen LogP) is 5.80. The molecule has 0 radical (unpaired) electrons. The molecule has 12 heteroatoms. The molecule has 6 rings (SSSR count). The summed E-state index contributed by atoms with van der Waals surface area (Å²) in [5.41, 5.74) is 7.41. The van der Waals surface area contributed by atoms with Gasteiger partial charge in [-0.05, 0) is 62.8 Å². The summed E-state index contributed by atoms with van der Waals surface area (Å²) in [6.45, 7) is 1.79. The topological polar surface area (TPSA) is 114 Å². The van der Waals surface area contributed by atoms with Crippen LogP contribution < -0.4 is 21.3 Å². The second kappa shape index (κ2) is 11.5. The van der Waals surface area contributed by atoms with E-state index >= 15 is 0 Å². The van der Waals surface area contributed by atoms with E-state index in [2.05, 4.69) is 37.6 Å². The van der Waals surface area contributed by atoms with Gasteiger partial charge in [0.15, 0.2) is 17.3 Å². The van der Waals surface area contributed by atoms with E-state index in [9.17, 15) is 13.6 Å². The van der Waals surface area contributed by atoms with Gasteiger partial charge in [-0.3, -0.25) is 9.36 Å². The second-order valence-corrected chi connectivity index (χ2v) is 11.2. The van der Waals surface area contributed by atoms with E-state index in [1.54, 1.807) is 6.20 Å². The number of hydrogen-bond donors (Lipinski definition) is 3. The standard InChI is InChI=1S/C29H31ClF2N8O/c30-18-13-22(31)25(23(32)14-18)37-29-36-24-15-34-28(35-19-5-4-12-39(16-19)20-6-2-1-3-7-20)38-27(24)40(29)21-10-8-17(9-11-21)26(33)41/h1-3,6-7,13-15,17,19,21H,4-5,8-12,16H2,(H2,33,41)(H,36,37)(H,34,35,38)/t17?,19-,21?/m1/s1. The minimum atomic E-state index is -0.834. The third-order valence-electron chi connectivity index (χ3n) is 8.02. The number of piperidine rings is 1. The number of anilines is 4. The van der Waals surface area contributed by atoms with E-state index in [1.807, 2.05) is 22.8 Å². The van der Waals surface area contributed by atoms with Crippen LogP contribution in [0.5, 0.6) is 0 Å². The highest BCUT2D eigenvalue weighted by Gasteiger charge is 2.30. The summed E-state index contributed by atoms with van der Waals surface area (Å²) in [4.78, 5) is 28.1. The summed E-state index contributed by atoms with van der Waals surface area (Å²) >= 11 is 5.83. The van der Waals surface area contributed by atoms with Crippen LogP contribution in [0, 0.1) is 17.6 Å². The van der Waals surface area contributed by atoms with Gasteiger partial charge in [0.1, 0.15) is 11.2 Å². The van der Waals surface area contributed by atoms with Crippen molar-refractivity contribution >= 4 is 51.9 Å². The maximum absolute atomic E-state index is 14.7. The van der Waals surface area contributed by atoms with Crippen molar-refractivity contribution in [2.45, 2.75) is 50.6 Å². The van der Waals surface area contributed by atoms with Crippen LogP contribution in [0.4, 0.5) is 32.1 Å². The zero-order valence-electron chi connectivity index (χ0n) is 22.4. The largest absolute Gasteiger partial charge is 0.369 e. The highest BCUT2D eigenvalue weighted by atomic mass is 35.5. The van der Waals surface area contributed by atoms with Crippen molar-refractivity contribution in [1.82, 2.24) is 19.5 Å². The molecule has 1 aliphatic heterocycles. The fraction of sp³-hybridized carbons (Fsp3) is 0.379. The first kappa shape index (κ1) is 27.2. The molecule has 2 aromatic carbocycles. The Bertz CT molecular complexity index is 1530. The van der Waals surface area contributed by atoms with Crippen molar-refractivity contribution in [2.75, 3.05) is 28.6 Å². The molecule has 4 N–H and O–H groups in total. The Balaban J connectivity index is 1.31. The number of imidazole rings is 1. The highest BCUT2D eigenvalue weighted by Crippen LogP contribution is 2.38. The van der Waals surface area contributed by atoms with Crippen molar-refractivity contribution in [3.8, 4) is 0 Å². The molecule has 1 amide bonds. The minimum absolute atomic E-state index is 0.0426. The SMILES string of the molecule is NC(=O)C1CCC(n2c(Nc3c(F)cc(Cl)cc3F)nc3cnc(N[C@@H]4CCCN(c5ccccc5)C4)nc32)CC1. The lowest BCUT2D eigenvalue weighted by Gasteiger charge is -2.34. The third-order valence-corrected chi connectivity index (χ3v) is 8.23. The monoisotopic (exact) mass is 580 g/mol. The molecule has 0 spiro atoms. The zero-order valence-corrected chi connectivity index (χ0v) is 23.1. The number of para-hydroxylation sites is 1. The van der Waals surface area contributed by atoms with E-state index in [0.29, 0.717) is 42.8 Å². The van der Waals surface area contributed by atoms with Crippen molar-refractivity contribution in [3.05, 3.63) is 65.3 Å². The molecular formula is C29H31ClF2N8O. The molecule has 3 heterocycles. The van der Waals surface area contributed by atoms with Crippen LogP contribution in [-0.4, -0.2) is 44.6 Å². The Hall–Kier alpha value is -3.99. The van der Waals surface area contributed by atoms with E-state index in [0.717, 1.165) is 38.1 Å². The Labute approximate surface area is 241 Å². The second-order valence-electron chi connectivity index (χ2n) is 10.8. The van der Waals surface area contributed by atoms with Crippen molar-refractivity contribution in [2.24, 2.45) is 11.7 Å². The summed E-state index contributed by atoms with van der Waals surface area (Å²) in [5.74, 6) is -1.48. The molecule has 1 atom stereocenters. The number of amides is 1. The van der Waals surface area contributed by atoms with Gasteiger partial charge in [0.05, 0.1) is 6.20 Å². The molecule has 9 nitrogen and oxygen atoms in total. The average Bonchev–Trinajstić information content (AvgIpc) is 3.33. The molecule has 0 bridgehead atoms. The van der Waals surface area contributed by atoms with Crippen LogP contribution in [0.1, 0.15) is 44.6 Å². The molecule has 2 aromatic heterocycles. The fourth-order valence-electron chi connectivity index (χ4n) is 5.94. The number of hydrogen-bond acceptors (Lipinski definition) is 7. The fourth-order valence-corrected chi connectivity index (χ4v) is 6.13. The quantitative estimate of drug-likeness (QED) is 0.253. The summed E-state index contributed by atoms with van der Waals surface area (Å²) < 4.78 is 31.3. The molecule has 2 fully saturated rings. The van der Waals surface area contributed by atoms with Crippen LogP contribution in [-0.2, 0) is 4.79 Å². The molecule has 1 saturated carbocycles. The first-order chi connectivity index (χ1) is 19.9. The molecule has 2 aliphatic rings. The van der Waals surface area contributed by atoms with Gasteiger partial charge in [-0.15, -0.1) is 0 Å². The maximum atomic E-state index is 14.7. The number of nitrogens with zero attached hydrogens (tertiary/aromatic N) is 5. The van der Waals surface area contributed by atoms with E-state index in [-0.39, 0.29) is 40.6 Å². The van der Waals surface area contributed by atoms with Crippen molar-refractivity contribution in [1.29, 1.82) is 0 Å². The van der Waals surface area contributed by atoms with Gasteiger partial charge in [-0.2, -0.15) is 4.98 Å². The first-order valence-electron chi connectivity index (χ1n) is 13.9. The summed E-state index contributed by atoms with van der Waals surface area (Å²) in [7, 11) is 0. The predicted molar refractivity (Wildman–Crippen MR) is 155 cm³/mol. The third kappa shape index (κ3) is 5.76. The molecule has 4 aromatic rings. The van der Waals surface area contributed by atoms with Crippen molar-refractivity contribution < 1.29 is 13.6 Å². The van der Waals surface area contributed by atoms with E-state index in [1.165, 1.54) is 5.69 Å². The summed E-state index contributed by atoms with van der Waals surface area (Å²) in [6.07, 6.45) is 6.12. The van der Waals surface area contributed by atoms with Crippen LogP contribution in [0.2, 0.25) is 5.02 Å². The summed E-state index contributed by atoms with van der Waals surface area (Å²) in [5, 5.41) is 6.28. The molecule has 0 unspecified atom stereocenters. The highest BCUT2D eigenvalue weighted by molar-refractivity contribution is 6.30. The number of benzene rings is 2. The number of halogens is 3. The van der Waals surface area contributed by atoms with Crippen LogP contribution in [0.15, 0.2) is 48.7 Å². The Morgan fingerprint density at radius 3 is 2.46 bits per heavy atom. The lowest BCUT2D eigenvalue weighted by Crippen LogP contribution is -2.42. The van der Waals surface area contributed by atoms with Gasteiger partial charge < -0.3 is 21.3 Å². The van der Waals surface area contributed by atoms with E-state index < -0.39 is 11.6 Å². The van der Waals surface area contributed by atoms with Gasteiger partial charge in [0.2, 0.25) is 17.8 Å². The zero-order chi connectivity index (χ0) is 28.5. The number of fused-ring (bicyclic) bond motifs is 1. The molecular weight excluding hydrogens is 550 g/mol. The normalized spacial score (nSPS) is 21.1. The van der Waals surface area contributed by atoms with E-state index in [4.69, 9.17) is 22.3 Å². The Morgan fingerprint density at radius 2 is 1.76 bits per heavy atom. The van der Waals surface area contributed by atoms with Gasteiger partial charge in [-0.1, -0.05) is 29.8 Å². The summed E-state index contributed by atoms with van der Waals surface area (Å²) in [6, 6.07) is 12.4. The average molecular weight is 581 g/mol. The van der Waals surface area contributed by atoms with Crippen LogP contribution in [0.25, 0.3) is 11.2 Å². The molecule has 41 heavy (non-hydrogen) atoms. The Kier molecular flexibility index (Phi) is 7.61. The van der Waals surface area contributed by atoms with Gasteiger partial charge >= 0.3 is 0 Å². The number of carbonyl (C=O) groups is 1. The Morgan fingerprint density at radius 1 is 1.02 bits per heavy atom. The molecule has 1 saturated heterocycles. The van der Waals surface area contributed by atoms with Gasteiger partial charge in [0, 0.05) is 41.8 Å². The van der Waals surface area contributed by atoms with Crippen LogP contribution in [0.3, 0.4) is 0 Å². The number of rotatable bonds is 7. The lowest BCUT2D eigenvalue weighted by molar-refractivity contribution is -0.122. The first-order valence-corrected chi connectivity index (χ1v) is 14.3. The number of carbonyl (C=O) groups excluding carboxylic acids is 1. The van der Waals surface area contributed by atoms with Crippen molar-refractivity contribution in [3.63, 3.8) is 0 Å². The van der Waals surface area contributed by atoms with Crippen LogP contribution >= 0.6 is 11.6 Å². The maximum Gasteiger partial charge on any atom is 0.225 e. The van der Waals surface area contributed by atoms with Gasteiger partial charge in [0.25, 0.3) is 0 Å². The number of nitrogens with two attached hydrogens (primary N) is 1. The lowest BCUT2D eigenvalue weighted by atomic mass is 9.85.